The maximum absolute atomic E-state index is 6.29. The summed E-state index contributed by atoms with van der Waals surface area (Å²) in [5.74, 6) is 0.526. The molecular weight excluding hydrogens is 467 g/mol. The molecular formula is C27H22Cl2N4O. The van der Waals surface area contributed by atoms with Crippen LogP contribution in [0, 0.1) is 0 Å². The van der Waals surface area contributed by atoms with E-state index in [9.17, 15) is 0 Å². The number of halogens is 2. The molecule has 3 aromatic heterocycles. The summed E-state index contributed by atoms with van der Waals surface area (Å²) in [7, 11) is 0. The number of nitrogens with zero attached hydrogens (tertiary/aromatic N) is 3. The minimum absolute atomic E-state index is 0.273. The molecule has 0 bridgehead atoms. The lowest BCUT2D eigenvalue weighted by molar-refractivity contribution is 0.294. The first-order valence-electron chi connectivity index (χ1n) is 11.3. The van der Waals surface area contributed by atoms with Gasteiger partial charge >= 0.3 is 0 Å². The molecule has 5 nitrogen and oxygen atoms in total. The summed E-state index contributed by atoms with van der Waals surface area (Å²) in [5, 5.41) is 2.27. The molecule has 1 atom stereocenters. The van der Waals surface area contributed by atoms with Crippen molar-refractivity contribution in [3.8, 4) is 17.1 Å². The van der Waals surface area contributed by atoms with Crippen LogP contribution in [-0.2, 0) is 13.0 Å². The van der Waals surface area contributed by atoms with Crippen LogP contribution in [0.5, 0.6) is 5.88 Å². The topological polar surface area (TPSA) is 55.7 Å². The number of aromatic nitrogens is 4. The summed E-state index contributed by atoms with van der Waals surface area (Å²) in [5.41, 5.74) is 6.72. The van der Waals surface area contributed by atoms with Crippen LogP contribution in [0.25, 0.3) is 22.2 Å². The van der Waals surface area contributed by atoms with E-state index in [1.165, 1.54) is 17.5 Å². The highest BCUT2D eigenvalue weighted by molar-refractivity contribution is 6.33. The van der Waals surface area contributed by atoms with Crippen LogP contribution in [0.2, 0.25) is 10.0 Å². The predicted octanol–water partition coefficient (Wildman–Crippen LogP) is 7.24. The molecule has 0 radical (unpaired) electrons. The highest BCUT2D eigenvalue weighted by Gasteiger charge is 2.24. The van der Waals surface area contributed by atoms with Crippen LogP contribution in [0.15, 0.2) is 73.4 Å². The molecule has 0 saturated heterocycles. The maximum Gasteiger partial charge on any atom is 0.214 e. The van der Waals surface area contributed by atoms with E-state index in [0.717, 1.165) is 40.6 Å². The molecule has 34 heavy (non-hydrogen) atoms. The molecule has 2 aromatic carbocycles. The van der Waals surface area contributed by atoms with Gasteiger partial charge in [-0.15, -0.1) is 0 Å². The van der Waals surface area contributed by atoms with E-state index in [1.807, 2.05) is 30.9 Å². The van der Waals surface area contributed by atoms with Gasteiger partial charge in [-0.25, -0.2) is 9.97 Å². The van der Waals surface area contributed by atoms with Crippen molar-refractivity contribution in [1.29, 1.82) is 0 Å². The van der Waals surface area contributed by atoms with Crippen molar-refractivity contribution in [3.63, 3.8) is 0 Å². The Bertz CT molecular complexity index is 1490. The number of rotatable bonds is 5. The van der Waals surface area contributed by atoms with Crippen molar-refractivity contribution < 1.29 is 4.74 Å². The van der Waals surface area contributed by atoms with Crippen LogP contribution >= 0.6 is 23.2 Å². The minimum atomic E-state index is 0.273. The Labute approximate surface area is 207 Å². The van der Waals surface area contributed by atoms with Gasteiger partial charge in [-0.2, -0.15) is 0 Å². The Kier molecular flexibility index (Phi) is 5.52. The fourth-order valence-corrected chi connectivity index (χ4v) is 5.24. The largest absolute Gasteiger partial charge is 0.473 e. The van der Waals surface area contributed by atoms with Gasteiger partial charge in [-0.1, -0.05) is 47.5 Å². The van der Waals surface area contributed by atoms with Crippen molar-refractivity contribution in [2.45, 2.75) is 31.9 Å². The Hall–Kier alpha value is -3.28. The third-order valence-corrected chi connectivity index (χ3v) is 7.14. The average Bonchev–Trinajstić information content (AvgIpc) is 3.51. The van der Waals surface area contributed by atoms with Crippen LogP contribution in [0.1, 0.15) is 35.6 Å². The second-order valence-corrected chi connectivity index (χ2v) is 9.43. The fraction of sp³-hybridized carbons (Fsp3) is 0.185. The van der Waals surface area contributed by atoms with Crippen molar-refractivity contribution in [2.24, 2.45) is 0 Å². The van der Waals surface area contributed by atoms with Gasteiger partial charge in [-0.3, -0.25) is 0 Å². The fourth-order valence-electron chi connectivity index (χ4n) is 4.88. The summed E-state index contributed by atoms with van der Waals surface area (Å²) in [6.07, 6.45) is 11.1. The second kappa shape index (κ2) is 8.82. The van der Waals surface area contributed by atoms with Crippen molar-refractivity contribution in [2.75, 3.05) is 0 Å². The number of hydrogen-bond acceptors (Lipinski definition) is 3. The smallest absolute Gasteiger partial charge is 0.214 e. The summed E-state index contributed by atoms with van der Waals surface area (Å²) in [6, 6.07) is 16.3. The zero-order valence-electron chi connectivity index (χ0n) is 18.3. The summed E-state index contributed by atoms with van der Waals surface area (Å²) >= 11 is 12.4. The Morgan fingerprint density at radius 1 is 1.09 bits per heavy atom. The van der Waals surface area contributed by atoms with Gasteiger partial charge in [0.25, 0.3) is 0 Å². The molecule has 3 heterocycles. The van der Waals surface area contributed by atoms with E-state index in [2.05, 4.69) is 43.8 Å². The summed E-state index contributed by atoms with van der Waals surface area (Å²) in [4.78, 5) is 12.3. The number of fused-ring (bicyclic) bond motifs is 2. The molecule has 0 saturated carbocycles. The Balaban J connectivity index is 1.34. The molecule has 1 unspecified atom stereocenters. The molecule has 0 spiro atoms. The van der Waals surface area contributed by atoms with Crippen LogP contribution in [-0.4, -0.2) is 19.5 Å². The molecule has 1 aliphatic carbocycles. The van der Waals surface area contributed by atoms with Gasteiger partial charge in [0.15, 0.2) is 0 Å². The molecule has 5 aromatic rings. The van der Waals surface area contributed by atoms with Gasteiger partial charge < -0.3 is 14.3 Å². The zero-order valence-corrected chi connectivity index (χ0v) is 19.9. The SMILES string of the molecule is Clc1ccc(Cl)c(COc2cc3c(-c4cncn4C4CCCc5ccccc54)c[nH]c3cn2)c1. The number of nitrogens with one attached hydrogen (secondary N) is 1. The summed E-state index contributed by atoms with van der Waals surface area (Å²) in [6.45, 7) is 0.286. The Morgan fingerprint density at radius 3 is 2.94 bits per heavy atom. The molecule has 1 aliphatic rings. The number of ether oxygens (including phenoxy) is 1. The van der Waals surface area contributed by atoms with Gasteiger partial charge in [0.05, 0.1) is 36.0 Å². The van der Waals surface area contributed by atoms with Crippen LogP contribution in [0.4, 0.5) is 0 Å². The van der Waals surface area contributed by atoms with E-state index in [1.54, 1.807) is 18.3 Å². The molecule has 0 aliphatic heterocycles. The monoisotopic (exact) mass is 488 g/mol. The lowest BCUT2D eigenvalue weighted by Crippen LogP contribution is -2.17. The number of aromatic amines is 1. The second-order valence-electron chi connectivity index (χ2n) is 8.59. The predicted molar refractivity (Wildman–Crippen MR) is 136 cm³/mol. The van der Waals surface area contributed by atoms with Crippen LogP contribution < -0.4 is 4.74 Å². The van der Waals surface area contributed by atoms with Crippen molar-refractivity contribution in [1.82, 2.24) is 19.5 Å². The highest BCUT2D eigenvalue weighted by atomic mass is 35.5. The first-order valence-corrected chi connectivity index (χ1v) is 12.1. The van der Waals surface area contributed by atoms with Crippen molar-refractivity contribution in [3.05, 3.63) is 100 Å². The number of pyridine rings is 1. The van der Waals surface area contributed by atoms with E-state index < -0.39 is 0 Å². The number of hydrogen-bond donors (Lipinski definition) is 1. The van der Waals surface area contributed by atoms with Crippen molar-refractivity contribution >= 4 is 34.1 Å². The molecule has 0 amide bonds. The average molecular weight is 489 g/mol. The molecule has 7 heteroatoms. The van der Waals surface area contributed by atoms with Gasteiger partial charge in [0.2, 0.25) is 5.88 Å². The molecule has 6 rings (SSSR count). The summed E-state index contributed by atoms with van der Waals surface area (Å²) < 4.78 is 8.28. The third-order valence-electron chi connectivity index (χ3n) is 6.54. The molecule has 1 N–H and O–H groups in total. The quantitative estimate of drug-likeness (QED) is 0.283. The molecule has 0 fully saturated rings. The standard InChI is InChI=1S/C27H22Cl2N4O/c28-19-8-9-23(29)18(10-19)15-34-27-11-21-22(12-31-24(21)13-32-27)26-14-30-16-33(26)25-7-3-5-17-4-1-2-6-20(17)25/h1-2,4,6,8-14,16,25,31H,3,5,7,15H2. The lowest BCUT2D eigenvalue weighted by atomic mass is 9.87. The normalized spacial score (nSPS) is 15.4. The number of benzene rings is 2. The van der Waals surface area contributed by atoms with E-state index >= 15 is 0 Å². The first-order chi connectivity index (χ1) is 16.7. The first kappa shape index (κ1) is 21.3. The van der Waals surface area contributed by atoms with Crippen LogP contribution in [0.3, 0.4) is 0 Å². The number of imidazole rings is 1. The lowest BCUT2D eigenvalue weighted by Gasteiger charge is -2.28. The Morgan fingerprint density at radius 2 is 2.00 bits per heavy atom. The highest BCUT2D eigenvalue weighted by Crippen LogP contribution is 2.38. The zero-order chi connectivity index (χ0) is 23.1. The minimum Gasteiger partial charge on any atom is -0.473 e. The number of H-pyrrole nitrogens is 1. The van der Waals surface area contributed by atoms with E-state index in [0.29, 0.717) is 15.9 Å². The maximum atomic E-state index is 6.29. The van der Waals surface area contributed by atoms with Gasteiger partial charge in [0.1, 0.15) is 6.61 Å². The van der Waals surface area contributed by atoms with Gasteiger partial charge in [0, 0.05) is 38.8 Å². The number of aryl methyl sites for hydroxylation is 1. The molecule has 170 valence electrons. The third kappa shape index (κ3) is 3.85. The van der Waals surface area contributed by atoms with E-state index in [4.69, 9.17) is 27.9 Å². The van der Waals surface area contributed by atoms with Gasteiger partial charge in [-0.05, 0) is 48.6 Å². The van der Waals surface area contributed by atoms with E-state index in [-0.39, 0.29) is 12.6 Å².